The summed E-state index contributed by atoms with van der Waals surface area (Å²) >= 11 is 0. The highest BCUT2D eigenvalue weighted by atomic mass is 16.6. The molecule has 0 aliphatic carbocycles. The van der Waals surface area contributed by atoms with Gasteiger partial charge in [-0.2, -0.15) is 0 Å². The van der Waals surface area contributed by atoms with Gasteiger partial charge < -0.3 is 15.0 Å². The molecule has 0 bridgehead atoms. The minimum absolute atomic E-state index is 0.154. The van der Waals surface area contributed by atoms with Gasteiger partial charge >= 0.3 is 12.1 Å². The predicted octanol–water partition coefficient (Wildman–Crippen LogP) is 3.62. The molecule has 0 radical (unpaired) electrons. The van der Waals surface area contributed by atoms with E-state index in [2.05, 4.69) is 10.2 Å². The largest absolute Gasteiger partial charge is 0.444 e. The van der Waals surface area contributed by atoms with Crippen molar-refractivity contribution < 1.29 is 19.1 Å². The Balaban J connectivity index is 2.14. The first kappa shape index (κ1) is 21.2. The zero-order chi connectivity index (χ0) is 21.3. The van der Waals surface area contributed by atoms with Crippen molar-refractivity contribution in [3.63, 3.8) is 0 Å². The standard InChI is InChI=1S/C20H26N4O4/c1-13-12-14(8-9-15(13)21-7)24-16(25)20(5,6)23(18(24)27)11-10-22-17(26)28-19(2,3)4/h8-9,12H,10-11H2,1-6H3,(H,22,26). The lowest BCUT2D eigenvalue weighted by Crippen LogP contribution is -2.47. The van der Waals surface area contributed by atoms with Crippen molar-refractivity contribution >= 4 is 29.4 Å². The number of urea groups is 1. The summed E-state index contributed by atoms with van der Waals surface area (Å²) in [7, 11) is 0. The van der Waals surface area contributed by atoms with Crippen LogP contribution in [0.15, 0.2) is 18.2 Å². The summed E-state index contributed by atoms with van der Waals surface area (Å²) in [6, 6.07) is 4.38. The smallest absolute Gasteiger partial charge is 0.407 e. The highest BCUT2D eigenvalue weighted by Gasteiger charge is 2.51. The van der Waals surface area contributed by atoms with Gasteiger partial charge in [-0.15, -0.1) is 0 Å². The van der Waals surface area contributed by atoms with Crippen LogP contribution in [0.2, 0.25) is 0 Å². The van der Waals surface area contributed by atoms with Crippen LogP contribution in [-0.2, 0) is 9.53 Å². The van der Waals surface area contributed by atoms with Gasteiger partial charge in [-0.3, -0.25) is 4.79 Å². The second-order valence-electron chi connectivity index (χ2n) is 8.15. The molecule has 1 aliphatic heterocycles. The first-order valence-electron chi connectivity index (χ1n) is 8.99. The number of nitrogens with zero attached hydrogens (tertiary/aromatic N) is 3. The van der Waals surface area contributed by atoms with Gasteiger partial charge in [-0.25, -0.2) is 19.3 Å². The van der Waals surface area contributed by atoms with E-state index in [1.807, 2.05) is 0 Å². The molecule has 4 amide bonds. The second kappa shape index (κ2) is 7.50. The molecule has 0 atom stereocenters. The van der Waals surface area contributed by atoms with E-state index < -0.39 is 23.3 Å². The molecule has 8 nitrogen and oxygen atoms in total. The van der Waals surface area contributed by atoms with E-state index in [0.717, 1.165) is 4.90 Å². The minimum Gasteiger partial charge on any atom is -0.444 e. The Hall–Kier alpha value is -3.08. The van der Waals surface area contributed by atoms with Gasteiger partial charge in [0.05, 0.1) is 12.3 Å². The summed E-state index contributed by atoms with van der Waals surface area (Å²) in [4.78, 5) is 43.5. The highest BCUT2D eigenvalue weighted by molar-refractivity contribution is 6.23. The number of ether oxygens (including phenoxy) is 1. The van der Waals surface area contributed by atoms with Crippen molar-refractivity contribution in [2.45, 2.75) is 52.7 Å². The molecular formula is C20H26N4O4. The van der Waals surface area contributed by atoms with Crippen molar-refractivity contribution in [1.82, 2.24) is 10.2 Å². The van der Waals surface area contributed by atoms with E-state index in [-0.39, 0.29) is 19.0 Å². The molecule has 0 unspecified atom stereocenters. The Bertz CT molecular complexity index is 849. The number of hydrogen-bond acceptors (Lipinski definition) is 4. The summed E-state index contributed by atoms with van der Waals surface area (Å²) in [5.41, 5.74) is -0.0828. The molecule has 0 spiro atoms. The lowest BCUT2D eigenvalue weighted by molar-refractivity contribution is -0.123. The molecule has 1 aliphatic rings. The molecular weight excluding hydrogens is 360 g/mol. The summed E-state index contributed by atoms with van der Waals surface area (Å²) in [6.45, 7) is 17.8. The summed E-state index contributed by atoms with van der Waals surface area (Å²) in [5.74, 6) is -0.357. The Morgan fingerprint density at radius 2 is 1.93 bits per heavy atom. The number of imide groups is 1. The quantitative estimate of drug-likeness (QED) is 0.633. The van der Waals surface area contributed by atoms with Crippen LogP contribution < -0.4 is 10.2 Å². The van der Waals surface area contributed by atoms with E-state index in [1.54, 1.807) is 59.7 Å². The molecule has 1 saturated heterocycles. The van der Waals surface area contributed by atoms with Crippen molar-refractivity contribution in [3.8, 4) is 0 Å². The fraction of sp³-hybridized carbons (Fsp3) is 0.500. The summed E-state index contributed by atoms with van der Waals surface area (Å²) in [6.07, 6.45) is -0.578. The maximum atomic E-state index is 12.9. The molecule has 2 rings (SSSR count). The zero-order valence-corrected chi connectivity index (χ0v) is 17.1. The van der Waals surface area contributed by atoms with Crippen LogP contribution in [-0.4, -0.2) is 47.2 Å². The number of aryl methyl sites for hydroxylation is 1. The second-order valence-corrected chi connectivity index (χ2v) is 8.15. The number of hydrogen-bond donors (Lipinski definition) is 1. The Labute approximate surface area is 165 Å². The molecule has 28 heavy (non-hydrogen) atoms. The van der Waals surface area contributed by atoms with E-state index in [0.29, 0.717) is 16.9 Å². The first-order chi connectivity index (χ1) is 12.9. The van der Waals surface area contributed by atoms with Gasteiger partial charge in [0.1, 0.15) is 11.1 Å². The van der Waals surface area contributed by atoms with Crippen molar-refractivity contribution in [1.29, 1.82) is 0 Å². The highest BCUT2D eigenvalue weighted by Crippen LogP contribution is 2.33. The molecule has 1 aromatic carbocycles. The Morgan fingerprint density at radius 3 is 2.46 bits per heavy atom. The third-order valence-electron chi connectivity index (χ3n) is 4.39. The van der Waals surface area contributed by atoms with Crippen LogP contribution in [0.5, 0.6) is 0 Å². The number of anilines is 1. The number of alkyl carbamates (subject to hydrolysis) is 1. The SMILES string of the molecule is [C-]#[N+]c1ccc(N2C(=O)N(CCNC(=O)OC(C)(C)C)C(C)(C)C2=O)cc1C. The fourth-order valence-electron chi connectivity index (χ4n) is 2.93. The number of rotatable bonds is 4. The van der Waals surface area contributed by atoms with Crippen molar-refractivity contribution in [2.24, 2.45) is 0 Å². The average molecular weight is 386 g/mol. The molecule has 8 heteroatoms. The molecule has 0 saturated carbocycles. The number of carbonyl (C=O) groups is 3. The first-order valence-corrected chi connectivity index (χ1v) is 8.99. The van der Waals surface area contributed by atoms with Gasteiger partial charge in [0.25, 0.3) is 5.91 Å². The molecule has 1 heterocycles. The average Bonchev–Trinajstić information content (AvgIpc) is 2.72. The van der Waals surface area contributed by atoms with Crippen LogP contribution in [0.25, 0.3) is 4.85 Å². The van der Waals surface area contributed by atoms with Crippen LogP contribution in [0, 0.1) is 13.5 Å². The number of amides is 4. The lowest BCUT2D eigenvalue weighted by Gasteiger charge is -2.28. The Morgan fingerprint density at radius 1 is 1.29 bits per heavy atom. The van der Waals surface area contributed by atoms with Crippen LogP contribution in [0.1, 0.15) is 40.2 Å². The maximum absolute atomic E-state index is 12.9. The molecule has 1 aromatic rings. The maximum Gasteiger partial charge on any atom is 0.407 e. The van der Waals surface area contributed by atoms with E-state index >= 15 is 0 Å². The van der Waals surface area contributed by atoms with Gasteiger partial charge in [0.2, 0.25) is 0 Å². The Kier molecular flexibility index (Phi) is 5.69. The van der Waals surface area contributed by atoms with Gasteiger partial charge in [-0.1, -0.05) is 6.07 Å². The molecule has 1 N–H and O–H groups in total. The topological polar surface area (TPSA) is 83.3 Å². The monoisotopic (exact) mass is 386 g/mol. The van der Waals surface area contributed by atoms with Crippen LogP contribution in [0.3, 0.4) is 0 Å². The van der Waals surface area contributed by atoms with Crippen molar-refractivity contribution in [3.05, 3.63) is 35.2 Å². The normalized spacial score (nSPS) is 16.2. The fourth-order valence-corrected chi connectivity index (χ4v) is 2.93. The van der Waals surface area contributed by atoms with Gasteiger partial charge in [-0.05, 0) is 59.2 Å². The van der Waals surface area contributed by atoms with Crippen LogP contribution >= 0.6 is 0 Å². The van der Waals surface area contributed by atoms with Gasteiger partial charge in [0.15, 0.2) is 5.69 Å². The molecule has 150 valence electrons. The zero-order valence-electron chi connectivity index (χ0n) is 17.1. The third kappa shape index (κ3) is 4.25. The van der Waals surface area contributed by atoms with E-state index in [1.165, 1.54) is 4.90 Å². The van der Waals surface area contributed by atoms with Crippen molar-refractivity contribution in [2.75, 3.05) is 18.0 Å². The number of nitrogens with one attached hydrogen (secondary N) is 1. The molecule has 0 aromatic heterocycles. The lowest BCUT2D eigenvalue weighted by atomic mass is 10.0. The van der Waals surface area contributed by atoms with Crippen LogP contribution in [0.4, 0.5) is 21.0 Å². The number of carbonyl (C=O) groups excluding carboxylic acids is 3. The van der Waals surface area contributed by atoms with E-state index in [9.17, 15) is 14.4 Å². The molecule has 1 fully saturated rings. The third-order valence-corrected chi connectivity index (χ3v) is 4.39. The van der Waals surface area contributed by atoms with E-state index in [4.69, 9.17) is 11.3 Å². The number of benzene rings is 1. The minimum atomic E-state index is -1.06. The summed E-state index contributed by atoms with van der Waals surface area (Å²) in [5, 5.41) is 2.60. The summed E-state index contributed by atoms with van der Waals surface area (Å²) < 4.78 is 5.17. The van der Waals surface area contributed by atoms with Gasteiger partial charge in [0, 0.05) is 13.1 Å². The predicted molar refractivity (Wildman–Crippen MR) is 105 cm³/mol.